The number of anilines is 1. The van der Waals surface area contributed by atoms with Crippen LogP contribution in [0.2, 0.25) is 10.0 Å². The van der Waals surface area contributed by atoms with E-state index in [1.54, 1.807) is 0 Å². The van der Waals surface area contributed by atoms with E-state index in [-0.39, 0.29) is 16.3 Å². The van der Waals surface area contributed by atoms with E-state index < -0.39 is 5.91 Å². The fourth-order valence-electron chi connectivity index (χ4n) is 0.813. The smallest absolute Gasteiger partial charge is 0.250 e. The molecule has 1 rings (SSSR count). The van der Waals surface area contributed by atoms with Crippen LogP contribution in [0.4, 0.5) is 5.69 Å². The van der Waals surface area contributed by atoms with Crippen molar-refractivity contribution >= 4 is 50.7 Å². The number of halogens is 3. The van der Waals surface area contributed by atoms with Crippen molar-refractivity contribution in [3.05, 3.63) is 26.1 Å². The second-order valence-electron chi connectivity index (χ2n) is 2.31. The maximum Gasteiger partial charge on any atom is 0.250 e. The highest BCUT2D eigenvalue weighted by atomic mass is 79.9. The number of carbonyl (C=O) groups is 1. The van der Waals surface area contributed by atoms with Gasteiger partial charge in [0.1, 0.15) is 0 Å². The Kier molecular flexibility index (Phi) is 3.05. The highest BCUT2D eigenvalue weighted by molar-refractivity contribution is 9.10. The average Bonchev–Trinajstić information content (AvgIpc) is 2.07. The average molecular weight is 284 g/mol. The lowest BCUT2D eigenvalue weighted by Crippen LogP contribution is -2.13. The van der Waals surface area contributed by atoms with Crippen LogP contribution in [0.1, 0.15) is 10.4 Å². The summed E-state index contributed by atoms with van der Waals surface area (Å²) >= 11 is 14.6. The van der Waals surface area contributed by atoms with Crippen LogP contribution in [0.25, 0.3) is 0 Å². The van der Waals surface area contributed by atoms with Crippen LogP contribution >= 0.6 is 39.1 Å². The fourth-order valence-corrected chi connectivity index (χ4v) is 1.60. The number of nitrogen functional groups attached to an aromatic ring is 1. The molecule has 0 fully saturated rings. The van der Waals surface area contributed by atoms with Gasteiger partial charge in [-0.25, -0.2) is 0 Å². The highest BCUT2D eigenvalue weighted by Gasteiger charge is 2.14. The lowest BCUT2D eigenvalue weighted by atomic mass is 10.2. The third-order valence-corrected chi connectivity index (χ3v) is 3.44. The Morgan fingerprint density at radius 1 is 1.46 bits per heavy atom. The molecule has 1 aromatic rings. The van der Waals surface area contributed by atoms with Crippen LogP contribution in [0.15, 0.2) is 10.5 Å². The number of primary amides is 1. The quantitative estimate of drug-likeness (QED) is 0.614. The molecule has 0 bridgehead atoms. The second kappa shape index (κ2) is 3.74. The predicted molar refractivity (Wildman–Crippen MR) is 57.1 cm³/mol. The predicted octanol–water partition coefficient (Wildman–Crippen LogP) is 2.44. The SMILES string of the molecule is NC(=O)c1cc(Cl)c(Br)c(Cl)c1N. The summed E-state index contributed by atoms with van der Waals surface area (Å²) in [5, 5.41) is 0.495. The van der Waals surface area contributed by atoms with Crippen LogP contribution in [0.3, 0.4) is 0 Å². The van der Waals surface area contributed by atoms with Crippen molar-refractivity contribution in [3.63, 3.8) is 0 Å². The van der Waals surface area contributed by atoms with Gasteiger partial charge in [-0.1, -0.05) is 23.2 Å². The summed E-state index contributed by atoms with van der Waals surface area (Å²) in [6, 6.07) is 1.37. The third-order valence-electron chi connectivity index (χ3n) is 1.47. The molecule has 0 aromatic heterocycles. The minimum absolute atomic E-state index is 0.123. The Morgan fingerprint density at radius 3 is 2.46 bits per heavy atom. The van der Waals surface area contributed by atoms with Gasteiger partial charge in [-0.3, -0.25) is 4.79 Å². The normalized spacial score (nSPS) is 10.1. The van der Waals surface area contributed by atoms with Gasteiger partial charge < -0.3 is 11.5 Å². The summed E-state index contributed by atoms with van der Waals surface area (Å²) in [6.07, 6.45) is 0. The Bertz CT molecular complexity index is 381. The fraction of sp³-hybridized carbons (Fsp3) is 0. The van der Waals surface area contributed by atoms with Crippen LogP contribution in [0, 0.1) is 0 Å². The summed E-state index contributed by atoms with van der Waals surface area (Å²) in [4.78, 5) is 10.8. The molecule has 0 saturated carbocycles. The molecule has 0 radical (unpaired) electrons. The van der Waals surface area contributed by atoms with E-state index in [4.69, 9.17) is 34.7 Å². The van der Waals surface area contributed by atoms with Crippen molar-refractivity contribution in [3.8, 4) is 0 Å². The number of nitrogens with two attached hydrogens (primary N) is 2. The minimum atomic E-state index is -0.659. The van der Waals surface area contributed by atoms with Gasteiger partial charge in [0, 0.05) is 0 Å². The van der Waals surface area contributed by atoms with Gasteiger partial charge in [-0.2, -0.15) is 0 Å². The van der Waals surface area contributed by atoms with E-state index in [1.165, 1.54) is 6.07 Å². The maximum absolute atomic E-state index is 10.8. The number of hydrogen-bond donors (Lipinski definition) is 2. The number of carbonyl (C=O) groups excluding carboxylic acids is 1. The first-order valence-electron chi connectivity index (χ1n) is 3.18. The Balaban J connectivity index is 3.50. The van der Waals surface area contributed by atoms with Gasteiger partial charge in [0.05, 0.1) is 25.8 Å². The zero-order valence-corrected chi connectivity index (χ0v) is 9.37. The maximum atomic E-state index is 10.8. The molecule has 4 N–H and O–H groups in total. The van der Waals surface area contributed by atoms with Crippen molar-refractivity contribution < 1.29 is 4.79 Å². The molecule has 0 aliphatic heterocycles. The van der Waals surface area contributed by atoms with Gasteiger partial charge in [-0.15, -0.1) is 0 Å². The van der Waals surface area contributed by atoms with E-state index in [2.05, 4.69) is 15.9 Å². The molecule has 0 saturated heterocycles. The van der Waals surface area contributed by atoms with Crippen LogP contribution in [0.5, 0.6) is 0 Å². The van der Waals surface area contributed by atoms with Crippen LogP contribution in [-0.4, -0.2) is 5.91 Å². The minimum Gasteiger partial charge on any atom is -0.397 e. The van der Waals surface area contributed by atoms with Crippen molar-refractivity contribution in [2.75, 3.05) is 5.73 Å². The first-order valence-corrected chi connectivity index (χ1v) is 4.72. The topological polar surface area (TPSA) is 69.1 Å². The van der Waals surface area contributed by atoms with Crippen molar-refractivity contribution in [2.45, 2.75) is 0 Å². The molecule has 0 aliphatic rings. The Hall–Kier alpha value is -0.450. The molecule has 1 amide bonds. The number of rotatable bonds is 1. The molecule has 3 nitrogen and oxygen atoms in total. The lowest BCUT2D eigenvalue weighted by molar-refractivity contribution is 0.100. The van der Waals surface area contributed by atoms with E-state index >= 15 is 0 Å². The largest absolute Gasteiger partial charge is 0.397 e. The van der Waals surface area contributed by atoms with Crippen LogP contribution in [-0.2, 0) is 0 Å². The molecule has 0 atom stereocenters. The second-order valence-corrected chi connectivity index (χ2v) is 3.89. The van der Waals surface area contributed by atoms with Gasteiger partial charge in [0.25, 0.3) is 5.91 Å². The molecule has 1 aromatic carbocycles. The lowest BCUT2D eigenvalue weighted by Gasteiger charge is -2.07. The first-order chi connectivity index (χ1) is 5.95. The van der Waals surface area contributed by atoms with E-state index in [9.17, 15) is 4.79 Å². The summed E-state index contributed by atoms with van der Waals surface area (Å²) in [6.45, 7) is 0. The number of benzene rings is 1. The van der Waals surface area contributed by atoms with Crippen LogP contribution < -0.4 is 11.5 Å². The Labute approximate surface area is 93.1 Å². The highest BCUT2D eigenvalue weighted by Crippen LogP contribution is 2.36. The van der Waals surface area contributed by atoms with Gasteiger partial charge in [0.2, 0.25) is 0 Å². The van der Waals surface area contributed by atoms with E-state index in [0.717, 1.165) is 0 Å². The van der Waals surface area contributed by atoms with Crippen molar-refractivity contribution in [1.82, 2.24) is 0 Å². The third kappa shape index (κ3) is 1.90. The molecular weight excluding hydrogens is 279 g/mol. The summed E-state index contributed by atoms with van der Waals surface area (Å²) in [5.74, 6) is -0.659. The molecule has 70 valence electrons. The van der Waals surface area contributed by atoms with E-state index in [1.807, 2.05) is 0 Å². The molecule has 0 aliphatic carbocycles. The summed E-state index contributed by atoms with van der Waals surface area (Å²) in [7, 11) is 0. The molecule has 6 heteroatoms. The number of hydrogen-bond acceptors (Lipinski definition) is 2. The van der Waals surface area contributed by atoms with E-state index in [0.29, 0.717) is 9.50 Å². The number of amides is 1. The molecule has 0 spiro atoms. The van der Waals surface area contributed by atoms with Crippen molar-refractivity contribution in [2.24, 2.45) is 5.73 Å². The standard InChI is InChI=1S/C7H5BrCl2N2O/c8-4-3(9)1-2(7(12)13)6(11)5(4)10/h1H,11H2,(H2,12,13). The molecule has 0 unspecified atom stereocenters. The molecule has 0 heterocycles. The monoisotopic (exact) mass is 282 g/mol. The molecular formula is C7H5BrCl2N2O. The Morgan fingerprint density at radius 2 is 2.00 bits per heavy atom. The van der Waals surface area contributed by atoms with Gasteiger partial charge >= 0.3 is 0 Å². The van der Waals surface area contributed by atoms with Crippen molar-refractivity contribution in [1.29, 1.82) is 0 Å². The first kappa shape index (κ1) is 10.6. The van der Waals surface area contributed by atoms with Gasteiger partial charge in [0.15, 0.2) is 0 Å². The zero-order valence-electron chi connectivity index (χ0n) is 6.27. The summed E-state index contributed by atoms with van der Waals surface area (Å²) in [5.41, 5.74) is 10.8. The zero-order chi connectivity index (χ0) is 10.2. The molecule has 13 heavy (non-hydrogen) atoms. The van der Waals surface area contributed by atoms with Gasteiger partial charge in [-0.05, 0) is 22.0 Å². The summed E-state index contributed by atoms with van der Waals surface area (Å²) < 4.78 is 0.457.